The van der Waals surface area contributed by atoms with Gasteiger partial charge < -0.3 is 5.32 Å². The molecular weight excluding hydrogens is 334 g/mol. The summed E-state index contributed by atoms with van der Waals surface area (Å²) >= 11 is 1.44. The molecule has 0 radical (unpaired) electrons. The summed E-state index contributed by atoms with van der Waals surface area (Å²) in [6.45, 7) is 6.82. The van der Waals surface area contributed by atoms with Gasteiger partial charge in [-0.05, 0) is 30.9 Å². The fraction of sp³-hybridized carbons (Fsp3) is 0.500. The van der Waals surface area contributed by atoms with E-state index in [1.54, 1.807) is 0 Å². The SMILES string of the molecule is CCCc1nnc(NC(=O)NCC(C)N2CCc3ccccc3C2)s1. The largest absolute Gasteiger partial charge is 0.336 e. The molecule has 0 bridgehead atoms. The number of carbonyl (C=O) groups excluding carboxylic acids is 1. The lowest BCUT2D eigenvalue weighted by atomic mass is 9.99. The fourth-order valence-corrected chi connectivity index (χ4v) is 3.86. The van der Waals surface area contributed by atoms with Gasteiger partial charge in [0.05, 0.1) is 0 Å². The molecule has 134 valence electrons. The lowest BCUT2D eigenvalue weighted by Gasteiger charge is -2.33. The van der Waals surface area contributed by atoms with Crippen molar-refractivity contribution in [1.29, 1.82) is 0 Å². The summed E-state index contributed by atoms with van der Waals surface area (Å²) in [6.07, 6.45) is 2.99. The number of hydrogen-bond acceptors (Lipinski definition) is 5. The Hall–Kier alpha value is -1.99. The van der Waals surface area contributed by atoms with E-state index in [2.05, 4.69) is 63.8 Å². The molecule has 1 aliphatic heterocycles. The fourth-order valence-electron chi connectivity index (χ4n) is 3.02. The lowest BCUT2D eigenvalue weighted by Crippen LogP contribution is -2.45. The molecule has 0 aliphatic carbocycles. The maximum absolute atomic E-state index is 12.1. The Kier molecular flexibility index (Phi) is 5.99. The molecule has 1 atom stereocenters. The molecule has 6 nitrogen and oxygen atoms in total. The number of carbonyl (C=O) groups is 1. The van der Waals surface area contributed by atoms with Gasteiger partial charge in [0, 0.05) is 32.1 Å². The van der Waals surface area contributed by atoms with Crippen molar-refractivity contribution in [3.05, 3.63) is 40.4 Å². The molecule has 25 heavy (non-hydrogen) atoms. The van der Waals surface area contributed by atoms with Crippen molar-refractivity contribution < 1.29 is 4.79 Å². The average Bonchev–Trinajstić information content (AvgIpc) is 3.06. The highest BCUT2D eigenvalue weighted by molar-refractivity contribution is 7.15. The minimum absolute atomic E-state index is 0.219. The maximum atomic E-state index is 12.1. The van der Waals surface area contributed by atoms with E-state index in [-0.39, 0.29) is 12.1 Å². The number of aromatic nitrogens is 2. The van der Waals surface area contributed by atoms with Gasteiger partial charge in [-0.15, -0.1) is 10.2 Å². The zero-order valence-electron chi connectivity index (χ0n) is 14.8. The summed E-state index contributed by atoms with van der Waals surface area (Å²) in [6, 6.07) is 8.65. The van der Waals surface area contributed by atoms with E-state index >= 15 is 0 Å². The van der Waals surface area contributed by atoms with E-state index < -0.39 is 0 Å². The first-order valence-electron chi connectivity index (χ1n) is 8.83. The van der Waals surface area contributed by atoms with Crippen LogP contribution in [0.15, 0.2) is 24.3 Å². The van der Waals surface area contributed by atoms with Crippen molar-refractivity contribution >= 4 is 22.5 Å². The molecule has 7 heteroatoms. The van der Waals surface area contributed by atoms with Gasteiger partial charge in [-0.1, -0.05) is 42.5 Å². The number of fused-ring (bicyclic) bond motifs is 1. The molecule has 2 amide bonds. The molecule has 2 aromatic rings. The first-order chi connectivity index (χ1) is 12.2. The third-order valence-corrected chi connectivity index (χ3v) is 5.39. The van der Waals surface area contributed by atoms with Crippen molar-refractivity contribution in [2.75, 3.05) is 18.4 Å². The first-order valence-corrected chi connectivity index (χ1v) is 9.65. The number of nitrogens with one attached hydrogen (secondary N) is 2. The summed E-state index contributed by atoms with van der Waals surface area (Å²) in [5.41, 5.74) is 2.83. The van der Waals surface area contributed by atoms with Crippen LogP contribution in [0.2, 0.25) is 0 Å². The second kappa shape index (κ2) is 8.40. The van der Waals surface area contributed by atoms with Gasteiger partial charge in [-0.25, -0.2) is 4.79 Å². The monoisotopic (exact) mass is 359 g/mol. The van der Waals surface area contributed by atoms with Gasteiger partial charge in [0.15, 0.2) is 0 Å². The second-order valence-electron chi connectivity index (χ2n) is 6.42. The van der Waals surface area contributed by atoms with Crippen LogP contribution >= 0.6 is 11.3 Å². The van der Waals surface area contributed by atoms with E-state index in [9.17, 15) is 4.79 Å². The van der Waals surface area contributed by atoms with Crippen LogP contribution in [0.25, 0.3) is 0 Å². The maximum Gasteiger partial charge on any atom is 0.321 e. The van der Waals surface area contributed by atoms with Gasteiger partial charge >= 0.3 is 6.03 Å². The zero-order chi connectivity index (χ0) is 17.6. The van der Waals surface area contributed by atoms with Crippen LogP contribution in [0, 0.1) is 0 Å². The summed E-state index contributed by atoms with van der Waals surface area (Å²) in [4.78, 5) is 14.5. The van der Waals surface area contributed by atoms with Crippen LogP contribution in [0.4, 0.5) is 9.93 Å². The standard InChI is InChI=1S/C18H25N5OS/c1-3-6-16-21-22-18(25-16)20-17(24)19-11-13(2)23-10-9-14-7-4-5-8-15(14)12-23/h4-5,7-8,13H,3,6,9-12H2,1-2H3,(H2,19,20,22,24). The molecular formula is C18H25N5OS. The number of amides is 2. The van der Waals surface area contributed by atoms with Crippen LogP contribution in [-0.2, 0) is 19.4 Å². The quantitative estimate of drug-likeness (QED) is 0.832. The Morgan fingerprint density at radius 2 is 2.12 bits per heavy atom. The molecule has 1 aromatic carbocycles. The lowest BCUT2D eigenvalue weighted by molar-refractivity contribution is 0.186. The van der Waals surface area contributed by atoms with Gasteiger partial charge in [0.1, 0.15) is 5.01 Å². The molecule has 1 aromatic heterocycles. The van der Waals surface area contributed by atoms with Gasteiger partial charge in [0.25, 0.3) is 0 Å². The third kappa shape index (κ3) is 4.76. The van der Waals surface area contributed by atoms with Crippen LogP contribution in [0.5, 0.6) is 0 Å². The van der Waals surface area contributed by atoms with Crippen LogP contribution in [0.1, 0.15) is 36.4 Å². The highest BCUT2D eigenvalue weighted by Crippen LogP contribution is 2.20. The predicted octanol–water partition coefficient (Wildman–Crippen LogP) is 3.06. The molecule has 0 spiro atoms. The van der Waals surface area contributed by atoms with Crippen LogP contribution < -0.4 is 10.6 Å². The molecule has 1 unspecified atom stereocenters. The Balaban J connectivity index is 1.45. The third-order valence-electron chi connectivity index (χ3n) is 4.49. The van der Waals surface area contributed by atoms with Crippen molar-refractivity contribution in [2.24, 2.45) is 0 Å². The second-order valence-corrected chi connectivity index (χ2v) is 7.49. The minimum atomic E-state index is -0.219. The summed E-state index contributed by atoms with van der Waals surface area (Å²) in [5, 5.41) is 15.3. The van der Waals surface area contributed by atoms with E-state index in [0.717, 1.165) is 37.4 Å². The number of benzene rings is 1. The van der Waals surface area contributed by atoms with Crippen LogP contribution in [0.3, 0.4) is 0 Å². The number of aryl methyl sites for hydroxylation is 1. The zero-order valence-corrected chi connectivity index (χ0v) is 15.6. The Labute approximate surface area is 152 Å². The first kappa shape index (κ1) is 17.8. The molecule has 1 aliphatic rings. The van der Waals surface area contributed by atoms with Crippen molar-refractivity contribution in [1.82, 2.24) is 20.4 Å². The van der Waals surface area contributed by atoms with Crippen molar-refractivity contribution in [3.63, 3.8) is 0 Å². The van der Waals surface area contributed by atoms with Crippen molar-refractivity contribution in [2.45, 2.75) is 45.7 Å². The van der Waals surface area contributed by atoms with Gasteiger partial charge in [-0.3, -0.25) is 10.2 Å². The predicted molar refractivity (Wildman–Crippen MR) is 101 cm³/mol. The number of nitrogens with zero attached hydrogens (tertiary/aromatic N) is 3. The van der Waals surface area contributed by atoms with E-state index in [4.69, 9.17) is 0 Å². The Morgan fingerprint density at radius 3 is 2.92 bits per heavy atom. The smallest absolute Gasteiger partial charge is 0.321 e. The molecule has 0 fully saturated rings. The number of hydrogen-bond donors (Lipinski definition) is 2. The number of urea groups is 1. The van der Waals surface area contributed by atoms with E-state index in [1.165, 1.54) is 22.5 Å². The van der Waals surface area contributed by atoms with Crippen molar-refractivity contribution in [3.8, 4) is 0 Å². The summed E-state index contributed by atoms with van der Waals surface area (Å²) in [7, 11) is 0. The summed E-state index contributed by atoms with van der Waals surface area (Å²) in [5.74, 6) is 0. The Morgan fingerprint density at radius 1 is 1.32 bits per heavy atom. The van der Waals surface area contributed by atoms with E-state index in [0.29, 0.717) is 11.7 Å². The number of anilines is 1. The normalized spacial score (nSPS) is 15.4. The van der Waals surface area contributed by atoms with Gasteiger partial charge in [-0.2, -0.15) is 0 Å². The average molecular weight is 359 g/mol. The van der Waals surface area contributed by atoms with E-state index in [1.807, 2.05) is 0 Å². The highest BCUT2D eigenvalue weighted by Gasteiger charge is 2.20. The topological polar surface area (TPSA) is 70.1 Å². The Bertz CT molecular complexity index is 717. The minimum Gasteiger partial charge on any atom is -0.336 e. The van der Waals surface area contributed by atoms with Crippen LogP contribution in [-0.4, -0.2) is 40.3 Å². The molecule has 0 saturated heterocycles. The molecule has 3 rings (SSSR count). The molecule has 0 saturated carbocycles. The highest BCUT2D eigenvalue weighted by atomic mass is 32.1. The van der Waals surface area contributed by atoms with Gasteiger partial charge in [0.2, 0.25) is 5.13 Å². The number of rotatable bonds is 6. The molecule has 2 N–H and O–H groups in total. The molecule has 2 heterocycles. The summed E-state index contributed by atoms with van der Waals surface area (Å²) < 4.78 is 0.